The zero-order valence-electron chi connectivity index (χ0n) is 17.5. The molecule has 0 saturated heterocycles. The maximum Gasteiger partial charge on any atom is 0.254 e. The molecular weight excluding hydrogens is 388 g/mol. The van der Waals surface area contributed by atoms with Gasteiger partial charge in [-0.3, -0.25) is 19.0 Å². The van der Waals surface area contributed by atoms with E-state index in [1.807, 2.05) is 0 Å². The van der Waals surface area contributed by atoms with Crippen LogP contribution in [0.4, 0.5) is 0 Å². The first-order valence-corrected chi connectivity index (χ1v) is 10.2. The SMILES string of the molecule is COCCn1cc(C(=O)N[C@@H]2CCCC[C@H]2NC(=O)c2cnn(CCOC)c2)cn1. The van der Waals surface area contributed by atoms with Crippen LogP contribution < -0.4 is 10.6 Å². The van der Waals surface area contributed by atoms with Crippen molar-refractivity contribution in [2.45, 2.75) is 50.9 Å². The van der Waals surface area contributed by atoms with E-state index < -0.39 is 0 Å². The Bertz CT molecular complexity index is 765. The van der Waals surface area contributed by atoms with Gasteiger partial charge in [0.2, 0.25) is 0 Å². The van der Waals surface area contributed by atoms with Crippen molar-refractivity contribution in [1.82, 2.24) is 30.2 Å². The smallest absolute Gasteiger partial charge is 0.254 e. The molecule has 1 aliphatic carbocycles. The van der Waals surface area contributed by atoms with Crippen molar-refractivity contribution >= 4 is 11.8 Å². The van der Waals surface area contributed by atoms with E-state index in [1.165, 1.54) is 0 Å². The van der Waals surface area contributed by atoms with Gasteiger partial charge in [-0.2, -0.15) is 10.2 Å². The van der Waals surface area contributed by atoms with Gasteiger partial charge >= 0.3 is 0 Å². The van der Waals surface area contributed by atoms with Crippen molar-refractivity contribution in [3.05, 3.63) is 35.9 Å². The summed E-state index contributed by atoms with van der Waals surface area (Å²) in [5, 5.41) is 14.5. The summed E-state index contributed by atoms with van der Waals surface area (Å²) in [5.74, 6) is -0.366. The summed E-state index contributed by atoms with van der Waals surface area (Å²) < 4.78 is 13.4. The molecule has 0 spiro atoms. The molecule has 2 atom stereocenters. The van der Waals surface area contributed by atoms with Crippen molar-refractivity contribution in [3.63, 3.8) is 0 Å². The lowest BCUT2D eigenvalue weighted by Crippen LogP contribution is -2.53. The van der Waals surface area contributed by atoms with Gasteiger partial charge in [0.1, 0.15) is 0 Å². The van der Waals surface area contributed by atoms with Gasteiger partial charge in [0.05, 0.1) is 49.8 Å². The van der Waals surface area contributed by atoms with E-state index in [2.05, 4.69) is 20.8 Å². The molecule has 10 heteroatoms. The molecule has 1 aliphatic rings. The molecule has 2 heterocycles. The first-order chi connectivity index (χ1) is 14.6. The molecule has 0 unspecified atom stereocenters. The summed E-state index contributed by atoms with van der Waals surface area (Å²) in [5.41, 5.74) is 1.00. The van der Waals surface area contributed by atoms with E-state index in [1.54, 1.807) is 48.4 Å². The lowest BCUT2D eigenvalue weighted by atomic mass is 9.90. The zero-order valence-corrected chi connectivity index (χ0v) is 17.5. The Labute approximate surface area is 175 Å². The summed E-state index contributed by atoms with van der Waals surface area (Å²) >= 11 is 0. The molecule has 2 N–H and O–H groups in total. The minimum absolute atomic E-state index is 0.124. The third-order valence-corrected chi connectivity index (χ3v) is 5.24. The Hall–Kier alpha value is -2.72. The maximum absolute atomic E-state index is 12.7. The molecule has 30 heavy (non-hydrogen) atoms. The Morgan fingerprint density at radius 2 is 1.33 bits per heavy atom. The van der Waals surface area contributed by atoms with Gasteiger partial charge < -0.3 is 20.1 Å². The first kappa shape index (κ1) is 22.0. The number of amides is 2. The van der Waals surface area contributed by atoms with Crippen molar-refractivity contribution < 1.29 is 19.1 Å². The number of hydrogen-bond acceptors (Lipinski definition) is 6. The number of methoxy groups -OCH3 is 2. The van der Waals surface area contributed by atoms with Crippen LogP contribution in [0.5, 0.6) is 0 Å². The lowest BCUT2D eigenvalue weighted by Gasteiger charge is -2.32. The van der Waals surface area contributed by atoms with Crippen molar-refractivity contribution in [2.75, 3.05) is 27.4 Å². The van der Waals surface area contributed by atoms with Crippen LogP contribution >= 0.6 is 0 Å². The van der Waals surface area contributed by atoms with Crippen LogP contribution in [0.15, 0.2) is 24.8 Å². The van der Waals surface area contributed by atoms with Crippen LogP contribution in [-0.2, 0) is 22.6 Å². The van der Waals surface area contributed by atoms with Gasteiger partial charge in [0.15, 0.2) is 0 Å². The summed E-state index contributed by atoms with van der Waals surface area (Å²) in [6.45, 7) is 2.23. The van der Waals surface area contributed by atoms with Crippen LogP contribution in [0.1, 0.15) is 46.4 Å². The molecule has 10 nitrogen and oxygen atoms in total. The average Bonchev–Trinajstić information content (AvgIpc) is 3.42. The summed E-state index contributed by atoms with van der Waals surface area (Å²) in [7, 11) is 3.25. The summed E-state index contributed by atoms with van der Waals surface area (Å²) in [4.78, 5) is 25.3. The second kappa shape index (κ2) is 10.9. The standard InChI is InChI=1S/C20H30N6O4/c1-29-9-7-25-13-15(11-21-25)19(27)23-17-5-3-4-6-18(17)24-20(28)16-12-22-26(14-16)8-10-30-2/h11-14,17-18H,3-10H2,1-2H3,(H,23,27)(H,24,28)/t17-,18-/m1/s1. The Morgan fingerprint density at radius 1 is 0.900 bits per heavy atom. The summed E-state index contributed by atoms with van der Waals surface area (Å²) in [6, 6.07) is -0.248. The van der Waals surface area contributed by atoms with E-state index in [4.69, 9.17) is 9.47 Å². The molecule has 2 amide bonds. The van der Waals surface area contributed by atoms with Gasteiger partial charge in [-0.1, -0.05) is 12.8 Å². The van der Waals surface area contributed by atoms with Crippen LogP contribution in [0.25, 0.3) is 0 Å². The fraction of sp³-hybridized carbons (Fsp3) is 0.600. The second-order valence-corrected chi connectivity index (χ2v) is 7.41. The largest absolute Gasteiger partial charge is 0.383 e. The molecule has 2 aromatic heterocycles. The molecule has 3 rings (SSSR count). The topological polar surface area (TPSA) is 112 Å². The predicted molar refractivity (Wildman–Crippen MR) is 109 cm³/mol. The predicted octanol–water partition coefficient (Wildman–Crippen LogP) is 0.843. The molecule has 0 radical (unpaired) electrons. The molecule has 164 valence electrons. The zero-order chi connectivity index (χ0) is 21.3. The van der Waals surface area contributed by atoms with Crippen LogP contribution in [0.3, 0.4) is 0 Å². The molecule has 0 bridgehead atoms. The van der Waals surface area contributed by atoms with Gasteiger partial charge in [-0.25, -0.2) is 0 Å². The summed E-state index contributed by atoms with van der Waals surface area (Å²) in [6.07, 6.45) is 10.2. The number of carbonyl (C=O) groups excluding carboxylic acids is 2. The van der Waals surface area contributed by atoms with Crippen LogP contribution in [-0.4, -0.2) is 70.9 Å². The minimum Gasteiger partial charge on any atom is -0.383 e. The van der Waals surface area contributed by atoms with Crippen LogP contribution in [0.2, 0.25) is 0 Å². The van der Waals surface area contributed by atoms with Gasteiger partial charge in [0, 0.05) is 38.7 Å². The van der Waals surface area contributed by atoms with Gasteiger partial charge in [-0.15, -0.1) is 0 Å². The maximum atomic E-state index is 12.7. The first-order valence-electron chi connectivity index (χ1n) is 10.2. The molecule has 0 aliphatic heterocycles. The highest BCUT2D eigenvalue weighted by Crippen LogP contribution is 2.20. The normalized spacial score (nSPS) is 18.9. The number of ether oxygens (including phenoxy) is 2. The number of carbonyl (C=O) groups is 2. The molecule has 2 aromatic rings. The third-order valence-electron chi connectivity index (χ3n) is 5.24. The molecular formula is C20H30N6O4. The highest BCUT2D eigenvalue weighted by atomic mass is 16.5. The molecule has 0 aromatic carbocycles. The lowest BCUT2D eigenvalue weighted by molar-refractivity contribution is 0.0862. The monoisotopic (exact) mass is 418 g/mol. The van der Waals surface area contributed by atoms with Gasteiger partial charge in [0.25, 0.3) is 11.8 Å². The Morgan fingerprint density at radius 3 is 1.73 bits per heavy atom. The van der Waals surface area contributed by atoms with Gasteiger partial charge in [-0.05, 0) is 12.8 Å². The fourth-order valence-corrected chi connectivity index (χ4v) is 3.56. The van der Waals surface area contributed by atoms with Crippen molar-refractivity contribution in [3.8, 4) is 0 Å². The van der Waals surface area contributed by atoms with E-state index in [0.717, 1.165) is 25.7 Å². The third kappa shape index (κ3) is 5.90. The van der Waals surface area contributed by atoms with Crippen LogP contribution in [0, 0.1) is 0 Å². The number of nitrogens with one attached hydrogen (secondary N) is 2. The second-order valence-electron chi connectivity index (χ2n) is 7.41. The van der Waals surface area contributed by atoms with E-state index in [9.17, 15) is 9.59 Å². The Kier molecular flexibility index (Phi) is 7.97. The van der Waals surface area contributed by atoms with E-state index in [-0.39, 0.29) is 23.9 Å². The highest BCUT2D eigenvalue weighted by molar-refractivity contribution is 5.95. The number of rotatable bonds is 10. The Balaban J connectivity index is 1.57. The molecule has 1 fully saturated rings. The van der Waals surface area contributed by atoms with E-state index in [0.29, 0.717) is 37.4 Å². The number of hydrogen-bond donors (Lipinski definition) is 2. The van der Waals surface area contributed by atoms with Crippen molar-refractivity contribution in [1.29, 1.82) is 0 Å². The van der Waals surface area contributed by atoms with Crippen molar-refractivity contribution in [2.24, 2.45) is 0 Å². The number of nitrogens with zero attached hydrogens (tertiary/aromatic N) is 4. The molecule has 1 saturated carbocycles. The fourth-order valence-electron chi connectivity index (χ4n) is 3.56. The van der Waals surface area contributed by atoms with E-state index >= 15 is 0 Å². The number of aromatic nitrogens is 4. The average molecular weight is 418 g/mol. The minimum atomic E-state index is -0.183. The quantitative estimate of drug-likeness (QED) is 0.591. The highest BCUT2D eigenvalue weighted by Gasteiger charge is 2.29.